The molecule has 0 spiro atoms. The number of nitrogens with zero attached hydrogens (tertiary/aromatic N) is 2. The summed E-state index contributed by atoms with van der Waals surface area (Å²) in [4.78, 5) is 27.2. The van der Waals surface area contributed by atoms with Gasteiger partial charge in [0.05, 0.1) is 0 Å². The van der Waals surface area contributed by atoms with E-state index in [9.17, 15) is 14.7 Å². The molecule has 0 saturated carbocycles. The molecule has 0 fully saturated rings. The third-order valence-corrected chi connectivity index (χ3v) is 3.52. The minimum Gasteiger partial charge on any atom is -0.480 e. The van der Waals surface area contributed by atoms with Crippen LogP contribution in [0.15, 0.2) is 0 Å². The first-order chi connectivity index (χ1) is 9.24. The van der Waals surface area contributed by atoms with Crippen LogP contribution in [0.1, 0.15) is 34.1 Å². The van der Waals surface area contributed by atoms with Crippen LogP contribution in [0.5, 0.6) is 0 Å². The molecule has 6 nitrogen and oxygen atoms in total. The van der Waals surface area contributed by atoms with Gasteiger partial charge in [-0.05, 0) is 33.9 Å². The van der Waals surface area contributed by atoms with E-state index in [0.717, 1.165) is 6.54 Å². The zero-order valence-electron chi connectivity index (χ0n) is 13.5. The second kappa shape index (κ2) is 8.79. The molecule has 0 aliphatic heterocycles. The highest BCUT2D eigenvalue weighted by Gasteiger charge is 2.28. The fraction of sp³-hybridized carbons (Fsp3) is 0.857. The Hall–Kier alpha value is -1.30. The van der Waals surface area contributed by atoms with Gasteiger partial charge in [-0.3, -0.25) is 0 Å². The summed E-state index contributed by atoms with van der Waals surface area (Å²) in [6.07, 6.45) is 0.705. The van der Waals surface area contributed by atoms with Crippen LogP contribution < -0.4 is 5.32 Å². The van der Waals surface area contributed by atoms with E-state index in [1.807, 2.05) is 46.7 Å². The van der Waals surface area contributed by atoms with Gasteiger partial charge in [-0.25, -0.2) is 9.59 Å². The largest absolute Gasteiger partial charge is 0.480 e. The van der Waals surface area contributed by atoms with Gasteiger partial charge in [0.25, 0.3) is 0 Å². The Morgan fingerprint density at radius 3 is 2.10 bits per heavy atom. The zero-order valence-corrected chi connectivity index (χ0v) is 13.5. The number of rotatable bonds is 8. The van der Waals surface area contributed by atoms with Crippen molar-refractivity contribution in [2.45, 2.75) is 46.2 Å². The molecule has 0 bridgehead atoms. The summed E-state index contributed by atoms with van der Waals surface area (Å²) < 4.78 is 0. The Bertz CT molecular complexity index is 321. The molecule has 0 aromatic carbocycles. The first kappa shape index (κ1) is 18.7. The Labute approximate surface area is 122 Å². The smallest absolute Gasteiger partial charge is 0.326 e. The molecule has 20 heavy (non-hydrogen) atoms. The van der Waals surface area contributed by atoms with E-state index in [2.05, 4.69) is 5.32 Å². The van der Waals surface area contributed by atoms with Crippen LogP contribution in [0, 0.1) is 5.92 Å². The molecule has 2 N–H and O–H groups in total. The molecule has 0 aliphatic carbocycles. The number of urea groups is 1. The van der Waals surface area contributed by atoms with Crippen molar-refractivity contribution in [2.75, 3.05) is 27.2 Å². The number of aliphatic carboxylic acids is 1. The van der Waals surface area contributed by atoms with Crippen molar-refractivity contribution in [3.8, 4) is 0 Å². The van der Waals surface area contributed by atoms with Gasteiger partial charge in [0.1, 0.15) is 6.04 Å². The Morgan fingerprint density at radius 2 is 1.75 bits per heavy atom. The predicted molar refractivity (Wildman–Crippen MR) is 79.8 cm³/mol. The predicted octanol–water partition coefficient (Wildman–Crippen LogP) is 1.47. The summed E-state index contributed by atoms with van der Waals surface area (Å²) in [5, 5.41) is 11.9. The Kier molecular flexibility index (Phi) is 8.22. The molecule has 6 heteroatoms. The fourth-order valence-corrected chi connectivity index (χ4v) is 2.18. The second-order valence-electron chi connectivity index (χ2n) is 5.55. The maximum atomic E-state index is 12.3. The molecule has 0 aromatic rings. The van der Waals surface area contributed by atoms with E-state index in [4.69, 9.17) is 0 Å². The standard InChI is InChI=1S/C14H29N3O3/c1-7-10(3)12(13(18)19)15-14(20)17(8-2)11(4)9-16(5)6/h10-12H,7-9H2,1-6H3,(H,15,20)(H,18,19)/t10?,11?,12-/m0/s1. The van der Waals surface area contributed by atoms with E-state index >= 15 is 0 Å². The summed E-state index contributed by atoms with van der Waals surface area (Å²) in [7, 11) is 3.89. The summed E-state index contributed by atoms with van der Waals surface area (Å²) in [6, 6.07) is -1.12. The highest BCUT2D eigenvalue weighted by Crippen LogP contribution is 2.09. The highest BCUT2D eigenvalue weighted by molar-refractivity contribution is 5.83. The first-order valence-corrected chi connectivity index (χ1v) is 7.19. The van der Waals surface area contributed by atoms with Crippen molar-refractivity contribution in [2.24, 2.45) is 5.92 Å². The van der Waals surface area contributed by atoms with Gasteiger partial charge < -0.3 is 20.2 Å². The van der Waals surface area contributed by atoms with Gasteiger partial charge in [0, 0.05) is 19.1 Å². The maximum absolute atomic E-state index is 12.3. The Balaban J connectivity index is 4.79. The van der Waals surface area contributed by atoms with Gasteiger partial charge in [-0.1, -0.05) is 20.3 Å². The van der Waals surface area contributed by atoms with E-state index in [-0.39, 0.29) is 18.0 Å². The van der Waals surface area contributed by atoms with E-state index < -0.39 is 12.0 Å². The topological polar surface area (TPSA) is 72.9 Å². The highest BCUT2D eigenvalue weighted by atomic mass is 16.4. The molecule has 0 aromatic heterocycles. The third kappa shape index (κ3) is 5.77. The number of hydrogen-bond acceptors (Lipinski definition) is 3. The molecular formula is C14H29N3O3. The number of carbonyl (C=O) groups excluding carboxylic acids is 1. The number of nitrogens with one attached hydrogen (secondary N) is 1. The van der Waals surface area contributed by atoms with Crippen molar-refractivity contribution in [3.63, 3.8) is 0 Å². The quantitative estimate of drug-likeness (QED) is 0.709. The minimum atomic E-state index is -0.982. The average Bonchev–Trinajstić information content (AvgIpc) is 2.34. The third-order valence-electron chi connectivity index (χ3n) is 3.52. The molecule has 0 radical (unpaired) electrons. The van der Waals surface area contributed by atoms with Crippen LogP contribution in [0.2, 0.25) is 0 Å². The number of likely N-dealkylation sites (N-methyl/N-ethyl adjacent to an activating group) is 2. The van der Waals surface area contributed by atoms with Crippen LogP contribution in [-0.4, -0.2) is 66.2 Å². The average molecular weight is 287 g/mol. The van der Waals surface area contributed by atoms with Gasteiger partial charge in [0.15, 0.2) is 0 Å². The molecule has 0 heterocycles. The summed E-state index contributed by atoms with van der Waals surface area (Å²) in [5.41, 5.74) is 0. The minimum absolute atomic E-state index is 0.0291. The van der Waals surface area contributed by atoms with Crippen LogP contribution in [0.3, 0.4) is 0 Å². The molecule has 2 unspecified atom stereocenters. The van der Waals surface area contributed by atoms with E-state index in [1.165, 1.54) is 0 Å². The maximum Gasteiger partial charge on any atom is 0.326 e. The molecule has 0 rings (SSSR count). The lowest BCUT2D eigenvalue weighted by Gasteiger charge is -2.32. The number of carbonyl (C=O) groups is 2. The van der Waals surface area contributed by atoms with Crippen molar-refractivity contribution in [1.29, 1.82) is 0 Å². The lowest BCUT2D eigenvalue weighted by atomic mass is 9.99. The molecular weight excluding hydrogens is 258 g/mol. The SMILES string of the molecule is CCC(C)[C@H](NC(=O)N(CC)C(C)CN(C)C)C(=O)O. The molecule has 118 valence electrons. The lowest BCUT2D eigenvalue weighted by molar-refractivity contribution is -0.140. The summed E-state index contributed by atoms with van der Waals surface area (Å²) in [6.45, 7) is 8.89. The molecule has 0 saturated heterocycles. The number of carboxylic acid groups (broad SMARTS) is 1. The molecule has 3 atom stereocenters. The van der Waals surface area contributed by atoms with Gasteiger partial charge in [0.2, 0.25) is 0 Å². The number of carboxylic acids is 1. The molecule has 0 aliphatic rings. The first-order valence-electron chi connectivity index (χ1n) is 7.19. The summed E-state index contributed by atoms with van der Waals surface area (Å²) >= 11 is 0. The lowest BCUT2D eigenvalue weighted by Crippen LogP contribution is -2.54. The van der Waals surface area contributed by atoms with Crippen LogP contribution >= 0.6 is 0 Å². The zero-order chi connectivity index (χ0) is 15.9. The molecule has 2 amide bonds. The summed E-state index contributed by atoms with van der Waals surface area (Å²) in [5.74, 6) is -1.08. The normalized spacial score (nSPS) is 15.6. The Morgan fingerprint density at radius 1 is 1.20 bits per heavy atom. The van der Waals surface area contributed by atoms with Crippen LogP contribution in [0.25, 0.3) is 0 Å². The number of amides is 2. The van der Waals surface area contributed by atoms with Crippen molar-refractivity contribution < 1.29 is 14.7 Å². The van der Waals surface area contributed by atoms with Gasteiger partial charge >= 0.3 is 12.0 Å². The van der Waals surface area contributed by atoms with Gasteiger partial charge in [-0.15, -0.1) is 0 Å². The van der Waals surface area contributed by atoms with Crippen LogP contribution in [0.4, 0.5) is 4.79 Å². The van der Waals surface area contributed by atoms with Crippen molar-refractivity contribution >= 4 is 12.0 Å². The fourth-order valence-electron chi connectivity index (χ4n) is 2.18. The van der Waals surface area contributed by atoms with Crippen LogP contribution in [-0.2, 0) is 4.79 Å². The van der Waals surface area contributed by atoms with E-state index in [1.54, 1.807) is 4.90 Å². The van der Waals surface area contributed by atoms with Crippen molar-refractivity contribution in [3.05, 3.63) is 0 Å². The van der Waals surface area contributed by atoms with Crippen molar-refractivity contribution in [1.82, 2.24) is 15.1 Å². The monoisotopic (exact) mass is 287 g/mol. The second-order valence-corrected chi connectivity index (χ2v) is 5.55. The number of hydrogen-bond donors (Lipinski definition) is 2. The van der Waals surface area contributed by atoms with E-state index in [0.29, 0.717) is 13.0 Å². The van der Waals surface area contributed by atoms with Gasteiger partial charge in [-0.2, -0.15) is 0 Å².